The van der Waals surface area contributed by atoms with E-state index in [1.807, 2.05) is 0 Å². The van der Waals surface area contributed by atoms with Crippen LogP contribution in [0.15, 0.2) is 0 Å². The summed E-state index contributed by atoms with van der Waals surface area (Å²) in [5.41, 5.74) is 0. The molecule has 8 heteroatoms. The van der Waals surface area contributed by atoms with Crippen molar-refractivity contribution >= 4 is 21.7 Å². The lowest BCUT2D eigenvalue weighted by atomic mass is 10.2. The minimum atomic E-state index is -3.12. The van der Waals surface area contributed by atoms with Crippen molar-refractivity contribution in [2.24, 2.45) is 0 Å². The van der Waals surface area contributed by atoms with Gasteiger partial charge in [0, 0.05) is 19.0 Å². The van der Waals surface area contributed by atoms with Gasteiger partial charge in [-0.25, -0.2) is 8.42 Å². The zero-order chi connectivity index (χ0) is 13.8. The summed E-state index contributed by atoms with van der Waals surface area (Å²) in [6, 6.07) is -0.441. The molecule has 0 bridgehead atoms. The molecule has 0 spiro atoms. The molecule has 0 aliphatic carbocycles. The lowest BCUT2D eigenvalue weighted by molar-refractivity contribution is -0.141. The molecule has 1 heterocycles. The van der Waals surface area contributed by atoms with E-state index < -0.39 is 27.8 Å². The summed E-state index contributed by atoms with van der Waals surface area (Å²) in [7, 11) is -3.12. The molecule has 0 saturated carbocycles. The summed E-state index contributed by atoms with van der Waals surface area (Å²) in [5, 5.41) is 17.4. The molecule has 1 saturated heterocycles. The first-order valence-corrected chi connectivity index (χ1v) is 7.50. The maximum atomic E-state index is 11.8. The predicted octanol–water partition coefficient (Wildman–Crippen LogP) is -1.14. The number of amides is 1. The molecule has 1 rings (SSSR count). The van der Waals surface area contributed by atoms with Gasteiger partial charge in [0.1, 0.15) is 0 Å². The molecule has 2 N–H and O–H groups in total. The van der Waals surface area contributed by atoms with Gasteiger partial charge in [-0.05, 0) is 6.42 Å². The van der Waals surface area contributed by atoms with Crippen molar-refractivity contribution in [1.82, 2.24) is 4.90 Å². The largest absolute Gasteiger partial charge is 0.481 e. The van der Waals surface area contributed by atoms with Crippen molar-refractivity contribution in [3.63, 3.8) is 0 Å². The van der Waals surface area contributed by atoms with E-state index in [2.05, 4.69) is 0 Å². The Morgan fingerprint density at radius 3 is 2.39 bits per heavy atom. The third-order valence-electron chi connectivity index (χ3n) is 2.86. The molecule has 104 valence electrons. The molecule has 7 nitrogen and oxygen atoms in total. The lowest BCUT2D eigenvalue weighted by Crippen LogP contribution is -2.42. The monoisotopic (exact) mass is 279 g/mol. The second-order valence-corrected chi connectivity index (χ2v) is 6.49. The first-order valence-electron chi connectivity index (χ1n) is 5.68. The van der Waals surface area contributed by atoms with Crippen LogP contribution in [0.1, 0.15) is 19.3 Å². The van der Waals surface area contributed by atoms with Crippen LogP contribution < -0.4 is 0 Å². The molecule has 1 fully saturated rings. The molecule has 0 aromatic heterocycles. The molecule has 1 unspecified atom stereocenters. The Hall–Kier alpha value is -1.15. The lowest BCUT2D eigenvalue weighted by Gasteiger charge is -2.27. The Balaban J connectivity index is 2.64. The molecule has 1 atom stereocenters. The summed E-state index contributed by atoms with van der Waals surface area (Å²) in [6.45, 7) is -0.228. The van der Waals surface area contributed by atoms with E-state index in [9.17, 15) is 18.0 Å². The standard InChI is InChI=1S/C10H17NO6S/c12-5-4-11(9(13)1-2-10(14)15)8-3-6-18(16,17)7-8/h8,12H,1-7H2,(H,14,15). The topological polar surface area (TPSA) is 112 Å². The first-order chi connectivity index (χ1) is 8.35. The van der Waals surface area contributed by atoms with E-state index in [1.54, 1.807) is 0 Å². The molecular formula is C10H17NO6S. The number of nitrogens with zero attached hydrogens (tertiary/aromatic N) is 1. The number of aliphatic carboxylic acids is 1. The van der Waals surface area contributed by atoms with E-state index >= 15 is 0 Å². The number of carboxylic acids is 1. The van der Waals surface area contributed by atoms with Gasteiger partial charge in [0.15, 0.2) is 9.84 Å². The van der Waals surface area contributed by atoms with Gasteiger partial charge in [-0.1, -0.05) is 0 Å². The van der Waals surface area contributed by atoms with Crippen molar-refractivity contribution in [3.05, 3.63) is 0 Å². The van der Waals surface area contributed by atoms with Gasteiger partial charge in [0.05, 0.1) is 24.5 Å². The van der Waals surface area contributed by atoms with E-state index in [4.69, 9.17) is 10.2 Å². The summed E-state index contributed by atoms with van der Waals surface area (Å²) < 4.78 is 22.7. The van der Waals surface area contributed by atoms with Crippen molar-refractivity contribution in [3.8, 4) is 0 Å². The number of aliphatic hydroxyl groups is 1. The Morgan fingerprint density at radius 1 is 1.28 bits per heavy atom. The summed E-state index contributed by atoms with van der Waals surface area (Å²) in [4.78, 5) is 23.5. The first kappa shape index (κ1) is 14.9. The fraction of sp³-hybridized carbons (Fsp3) is 0.800. The summed E-state index contributed by atoms with van der Waals surface area (Å²) in [6.07, 6.45) is -0.118. The van der Waals surface area contributed by atoms with Crippen LogP contribution in [-0.2, 0) is 19.4 Å². The maximum Gasteiger partial charge on any atom is 0.303 e. The number of carbonyl (C=O) groups is 2. The average Bonchev–Trinajstić information content (AvgIpc) is 2.63. The normalized spacial score (nSPS) is 21.7. The van der Waals surface area contributed by atoms with Gasteiger partial charge < -0.3 is 15.1 Å². The predicted molar refractivity (Wildman–Crippen MR) is 62.7 cm³/mol. The summed E-state index contributed by atoms with van der Waals surface area (Å²) >= 11 is 0. The Kier molecular flexibility index (Phi) is 5.09. The minimum Gasteiger partial charge on any atom is -0.481 e. The Bertz CT molecular complexity index is 418. The number of hydrogen-bond donors (Lipinski definition) is 2. The molecule has 0 aromatic carbocycles. The second kappa shape index (κ2) is 6.14. The van der Waals surface area contributed by atoms with Gasteiger partial charge in [0.25, 0.3) is 0 Å². The molecule has 18 heavy (non-hydrogen) atoms. The zero-order valence-electron chi connectivity index (χ0n) is 9.91. The molecular weight excluding hydrogens is 262 g/mol. The SMILES string of the molecule is O=C(O)CCC(=O)N(CCO)C1CCS(=O)(=O)C1. The number of rotatable bonds is 6. The van der Waals surface area contributed by atoms with Crippen molar-refractivity contribution in [1.29, 1.82) is 0 Å². The van der Waals surface area contributed by atoms with Gasteiger partial charge in [-0.3, -0.25) is 9.59 Å². The number of hydrogen-bond acceptors (Lipinski definition) is 5. The van der Waals surface area contributed by atoms with Crippen molar-refractivity contribution in [2.75, 3.05) is 24.7 Å². The highest BCUT2D eigenvalue weighted by molar-refractivity contribution is 7.91. The van der Waals surface area contributed by atoms with Crippen LogP contribution in [-0.4, -0.2) is 66.1 Å². The number of sulfone groups is 1. The smallest absolute Gasteiger partial charge is 0.303 e. The molecule has 1 aliphatic rings. The molecule has 0 radical (unpaired) electrons. The molecule has 1 aliphatic heterocycles. The van der Waals surface area contributed by atoms with Gasteiger partial charge in [-0.15, -0.1) is 0 Å². The van der Waals surface area contributed by atoms with Crippen LogP contribution in [0.25, 0.3) is 0 Å². The van der Waals surface area contributed by atoms with Crippen LogP contribution in [0.5, 0.6) is 0 Å². The highest BCUT2D eigenvalue weighted by Crippen LogP contribution is 2.18. The van der Waals surface area contributed by atoms with Gasteiger partial charge in [0.2, 0.25) is 5.91 Å². The fourth-order valence-electron chi connectivity index (χ4n) is 2.00. The second-order valence-electron chi connectivity index (χ2n) is 4.26. The van der Waals surface area contributed by atoms with E-state index in [0.717, 1.165) is 0 Å². The summed E-state index contributed by atoms with van der Waals surface area (Å²) in [5.74, 6) is -1.57. The maximum absolute atomic E-state index is 11.8. The quantitative estimate of drug-likeness (QED) is 0.635. The van der Waals surface area contributed by atoms with Gasteiger partial charge >= 0.3 is 5.97 Å². The van der Waals surface area contributed by atoms with Crippen LogP contribution in [0, 0.1) is 0 Å². The number of carboxylic acid groups (broad SMARTS) is 1. The van der Waals surface area contributed by atoms with Crippen molar-refractivity contribution < 1.29 is 28.2 Å². The highest BCUT2D eigenvalue weighted by atomic mass is 32.2. The van der Waals surface area contributed by atoms with E-state index in [-0.39, 0.29) is 37.5 Å². The zero-order valence-corrected chi connectivity index (χ0v) is 10.7. The third-order valence-corrected chi connectivity index (χ3v) is 4.61. The minimum absolute atomic E-state index is 0.0335. The van der Waals surface area contributed by atoms with E-state index in [0.29, 0.717) is 6.42 Å². The molecule has 1 amide bonds. The van der Waals surface area contributed by atoms with Crippen LogP contribution in [0.2, 0.25) is 0 Å². The van der Waals surface area contributed by atoms with Crippen LogP contribution >= 0.6 is 0 Å². The number of aliphatic hydroxyl groups excluding tert-OH is 1. The Morgan fingerprint density at radius 2 is 1.94 bits per heavy atom. The number of carbonyl (C=O) groups excluding carboxylic acids is 1. The van der Waals surface area contributed by atoms with Crippen LogP contribution in [0.4, 0.5) is 0 Å². The average molecular weight is 279 g/mol. The van der Waals surface area contributed by atoms with Gasteiger partial charge in [-0.2, -0.15) is 0 Å². The Labute approximate surface area is 105 Å². The highest BCUT2D eigenvalue weighted by Gasteiger charge is 2.34. The van der Waals surface area contributed by atoms with Crippen LogP contribution in [0.3, 0.4) is 0 Å². The van der Waals surface area contributed by atoms with Crippen molar-refractivity contribution in [2.45, 2.75) is 25.3 Å². The molecule has 0 aromatic rings. The third kappa shape index (κ3) is 4.26. The fourth-order valence-corrected chi connectivity index (χ4v) is 3.73. The van der Waals surface area contributed by atoms with E-state index in [1.165, 1.54) is 4.90 Å².